The second kappa shape index (κ2) is 3.87. The molecule has 0 amide bonds. The van der Waals surface area contributed by atoms with Gasteiger partial charge in [0, 0.05) is 0 Å². The first-order chi connectivity index (χ1) is 6.04. The van der Waals surface area contributed by atoms with E-state index in [1.165, 1.54) is 25.1 Å². The van der Waals surface area contributed by atoms with E-state index in [1.807, 2.05) is 0 Å². The van der Waals surface area contributed by atoms with Gasteiger partial charge in [-0.3, -0.25) is 4.79 Å². The lowest BCUT2D eigenvalue weighted by molar-refractivity contribution is -0.116. The Bertz CT molecular complexity index is 318. The van der Waals surface area contributed by atoms with Crippen molar-refractivity contribution in [3.8, 4) is 5.75 Å². The minimum atomic E-state index is -0.784. The maximum atomic E-state index is 13.1. The SMILES string of the molecule is CC(=O)C(Br)c1c(O)cccc1F. The number of carbonyl (C=O) groups excluding carboxylic acids is 1. The van der Waals surface area contributed by atoms with Gasteiger partial charge in [0.2, 0.25) is 0 Å². The number of aromatic hydroxyl groups is 1. The summed E-state index contributed by atoms with van der Waals surface area (Å²) in [6, 6.07) is 3.93. The highest BCUT2D eigenvalue weighted by atomic mass is 79.9. The van der Waals surface area contributed by atoms with E-state index in [1.54, 1.807) is 0 Å². The Hall–Kier alpha value is -0.900. The molecule has 13 heavy (non-hydrogen) atoms. The Balaban J connectivity index is 3.20. The van der Waals surface area contributed by atoms with Crippen LogP contribution in [-0.4, -0.2) is 10.9 Å². The second-order valence-corrected chi connectivity index (χ2v) is 3.56. The van der Waals surface area contributed by atoms with Crippen LogP contribution in [-0.2, 0) is 4.79 Å². The molecule has 0 radical (unpaired) electrons. The Morgan fingerprint density at radius 3 is 2.69 bits per heavy atom. The minimum Gasteiger partial charge on any atom is -0.508 e. The van der Waals surface area contributed by atoms with Gasteiger partial charge in [0.05, 0.1) is 5.56 Å². The maximum Gasteiger partial charge on any atom is 0.148 e. The normalized spacial score (nSPS) is 12.5. The van der Waals surface area contributed by atoms with Crippen molar-refractivity contribution in [2.45, 2.75) is 11.8 Å². The largest absolute Gasteiger partial charge is 0.508 e. The van der Waals surface area contributed by atoms with Crippen molar-refractivity contribution in [3.05, 3.63) is 29.6 Å². The molecule has 0 fully saturated rings. The third-order valence-electron chi connectivity index (χ3n) is 1.64. The van der Waals surface area contributed by atoms with Crippen LogP contribution in [0, 0.1) is 5.82 Å². The number of Topliss-reactive ketones (excluding diaryl/α,β-unsaturated/α-hetero) is 1. The monoisotopic (exact) mass is 246 g/mol. The summed E-state index contributed by atoms with van der Waals surface area (Å²) in [6.45, 7) is 1.32. The molecule has 4 heteroatoms. The smallest absolute Gasteiger partial charge is 0.148 e. The molecular weight excluding hydrogens is 239 g/mol. The maximum absolute atomic E-state index is 13.1. The van der Waals surface area contributed by atoms with Crippen LogP contribution in [0.25, 0.3) is 0 Å². The van der Waals surface area contributed by atoms with Gasteiger partial charge >= 0.3 is 0 Å². The predicted octanol–water partition coefficient (Wildman–Crippen LogP) is 2.56. The van der Waals surface area contributed by atoms with E-state index in [4.69, 9.17) is 0 Å². The first-order valence-corrected chi connectivity index (χ1v) is 4.57. The standard InChI is InChI=1S/C9H8BrFO2/c1-5(12)9(10)8-6(11)3-2-4-7(8)13/h2-4,9,13H,1H3. The number of carbonyl (C=O) groups is 1. The predicted molar refractivity (Wildman–Crippen MR) is 50.4 cm³/mol. The first kappa shape index (κ1) is 10.2. The molecule has 1 aromatic rings. The Morgan fingerprint density at radius 1 is 1.62 bits per heavy atom. The van der Waals surface area contributed by atoms with Crippen molar-refractivity contribution in [2.75, 3.05) is 0 Å². The van der Waals surface area contributed by atoms with Gasteiger partial charge in [-0.1, -0.05) is 22.0 Å². The van der Waals surface area contributed by atoms with E-state index >= 15 is 0 Å². The van der Waals surface area contributed by atoms with Crippen molar-refractivity contribution < 1.29 is 14.3 Å². The van der Waals surface area contributed by atoms with Crippen LogP contribution in [0.4, 0.5) is 4.39 Å². The summed E-state index contributed by atoms with van der Waals surface area (Å²) < 4.78 is 13.1. The van der Waals surface area contributed by atoms with Crippen LogP contribution in [0.5, 0.6) is 5.75 Å². The van der Waals surface area contributed by atoms with Gasteiger partial charge in [-0.2, -0.15) is 0 Å². The number of phenolic OH excluding ortho intramolecular Hbond substituents is 1. The molecule has 1 aromatic carbocycles. The van der Waals surface area contributed by atoms with E-state index < -0.39 is 10.6 Å². The van der Waals surface area contributed by atoms with Crippen LogP contribution in [0.15, 0.2) is 18.2 Å². The van der Waals surface area contributed by atoms with Crippen LogP contribution in [0.1, 0.15) is 17.3 Å². The fraction of sp³-hybridized carbons (Fsp3) is 0.222. The summed E-state index contributed by atoms with van der Waals surface area (Å²) in [5, 5.41) is 9.29. The Labute approximate surface area is 83.5 Å². The molecule has 0 aliphatic heterocycles. The van der Waals surface area contributed by atoms with Gasteiger partial charge in [0.15, 0.2) is 0 Å². The highest BCUT2D eigenvalue weighted by Gasteiger charge is 2.20. The number of benzene rings is 1. The number of hydrogen-bond acceptors (Lipinski definition) is 2. The first-order valence-electron chi connectivity index (χ1n) is 3.66. The van der Waals surface area contributed by atoms with Crippen LogP contribution >= 0.6 is 15.9 Å². The average Bonchev–Trinajstić information content (AvgIpc) is 2.03. The summed E-state index contributed by atoms with van der Waals surface area (Å²) in [5.41, 5.74) is -0.00463. The van der Waals surface area contributed by atoms with Crippen LogP contribution in [0.2, 0.25) is 0 Å². The quantitative estimate of drug-likeness (QED) is 0.815. The van der Waals surface area contributed by atoms with Crippen molar-refractivity contribution >= 4 is 21.7 Å². The van der Waals surface area contributed by atoms with Crippen molar-refractivity contribution in [3.63, 3.8) is 0 Å². The summed E-state index contributed by atoms with van der Waals surface area (Å²) in [5.74, 6) is -1.05. The third kappa shape index (κ3) is 2.06. The van der Waals surface area contributed by atoms with E-state index in [0.717, 1.165) is 0 Å². The highest BCUT2D eigenvalue weighted by molar-refractivity contribution is 9.09. The number of rotatable bonds is 2. The van der Waals surface area contributed by atoms with Gasteiger partial charge in [-0.25, -0.2) is 4.39 Å². The molecule has 0 aliphatic rings. The van der Waals surface area contributed by atoms with E-state index in [0.29, 0.717) is 0 Å². The number of phenols is 1. The molecule has 0 spiro atoms. The number of halogens is 2. The van der Waals surface area contributed by atoms with Gasteiger partial charge in [0.1, 0.15) is 22.2 Å². The molecular formula is C9H8BrFO2. The van der Waals surface area contributed by atoms with Crippen LogP contribution < -0.4 is 0 Å². The van der Waals surface area contributed by atoms with Crippen molar-refractivity contribution in [2.24, 2.45) is 0 Å². The Kier molecular flexibility index (Phi) is 3.03. The molecule has 1 atom stereocenters. The molecule has 0 bridgehead atoms. The second-order valence-electron chi connectivity index (χ2n) is 2.65. The number of hydrogen-bond donors (Lipinski definition) is 1. The zero-order chi connectivity index (χ0) is 10.0. The summed E-state index contributed by atoms with van der Waals surface area (Å²) >= 11 is 3.00. The van der Waals surface area contributed by atoms with E-state index in [2.05, 4.69) is 15.9 Å². The summed E-state index contributed by atoms with van der Waals surface area (Å²) in [6.07, 6.45) is 0. The minimum absolute atomic E-state index is 0.00463. The molecule has 0 aromatic heterocycles. The lowest BCUT2D eigenvalue weighted by atomic mass is 10.1. The van der Waals surface area contributed by atoms with Crippen molar-refractivity contribution in [1.82, 2.24) is 0 Å². The third-order valence-corrected chi connectivity index (χ3v) is 2.74. The van der Waals surface area contributed by atoms with Crippen molar-refractivity contribution in [1.29, 1.82) is 0 Å². The summed E-state index contributed by atoms with van der Waals surface area (Å²) in [4.78, 5) is 10.1. The highest BCUT2D eigenvalue weighted by Crippen LogP contribution is 2.32. The van der Waals surface area contributed by atoms with Gasteiger partial charge in [-0.15, -0.1) is 0 Å². The summed E-state index contributed by atoms with van der Waals surface area (Å²) in [7, 11) is 0. The van der Waals surface area contributed by atoms with Gasteiger partial charge < -0.3 is 5.11 Å². The lowest BCUT2D eigenvalue weighted by Gasteiger charge is -2.09. The topological polar surface area (TPSA) is 37.3 Å². The molecule has 1 N–H and O–H groups in total. The van der Waals surface area contributed by atoms with E-state index in [9.17, 15) is 14.3 Å². The average molecular weight is 247 g/mol. The molecule has 0 heterocycles. The van der Waals surface area contributed by atoms with Gasteiger partial charge in [-0.05, 0) is 19.1 Å². The molecule has 70 valence electrons. The number of ketones is 1. The fourth-order valence-electron chi connectivity index (χ4n) is 0.980. The number of alkyl halides is 1. The molecule has 0 saturated heterocycles. The Morgan fingerprint density at radius 2 is 2.23 bits per heavy atom. The molecule has 2 nitrogen and oxygen atoms in total. The van der Waals surface area contributed by atoms with Gasteiger partial charge in [0.25, 0.3) is 0 Å². The van der Waals surface area contributed by atoms with Crippen LogP contribution in [0.3, 0.4) is 0 Å². The molecule has 1 rings (SSSR count). The zero-order valence-corrected chi connectivity index (χ0v) is 8.51. The molecule has 0 aliphatic carbocycles. The van der Waals surface area contributed by atoms with E-state index in [-0.39, 0.29) is 17.1 Å². The lowest BCUT2D eigenvalue weighted by Crippen LogP contribution is -2.03. The molecule has 0 saturated carbocycles. The fourth-order valence-corrected chi connectivity index (χ4v) is 1.43. The zero-order valence-electron chi connectivity index (χ0n) is 6.92. The molecule has 1 unspecified atom stereocenters.